The fraction of sp³-hybridized carbons (Fsp3) is 0.609. The number of hydrogen-bond donors (Lipinski definition) is 1. The summed E-state index contributed by atoms with van der Waals surface area (Å²) in [6.45, 7) is 12.7. The van der Waals surface area contributed by atoms with Gasteiger partial charge in [-0.05, 0) is 51.2 Å². The Morgan fingerprint density at radius 3 is 2.27 bits per heavy atom. The van der Waals surface area contributed by atoms with Gasteiger partial charge in [0, 0.05) is 7.05 Å². The highest BCUT2D eigenvalue weighted by Gasteiger charge is 2.38. The van der Waals surface area contributed by atoms with E-state index in [1.54, 1.807) is 39.0 Å². The Morgan fingerprint density at radius 2 is 1.76 bits per heavy atom. The van der Waals surface area contributed by atoms with E-state index in [-0.39, 0.29) is 22.6 Å². The van der Waals surface area contributed by atoms with Crippen molar-refractivity contribution in [3.05, 3.63) is 24.3 Å². The number of rotatable bonds is 9. The molecule has 0 aliphatic carbocycles. The van der Waals surface area contributed by atoms with Crippen LogP contribution in [0.2, 0.25) is 0 Å². The summed E-state index contributed by atoms with van der Waals surface area (Å²) in [7, 11) is -2.54. The number of benzene rings is 1. The van der Waals surface area contributed by atoms with E-state index in [2.05, 4.69) is 9.71 Å². The Bertz CT molecular complexity index is 1050. The lowest BCUT2D eigenvalue weighted by atomic mass is 9.99. The minimum absolute atomic E-state index is 0.0319. The van der Waals surface area contributed by atoms with Crippen molar-refractivity contribution in [1.29, 1.82) is 0 Å². The number of para-hydroxylation sites is 1. The van der Waals surface area contributed by atoms with Crippen LogP contribution in [0.15, 0.2) is 28.6 Å². The molecule has 1 heterocycles. The molecule has 1 aromatic carbocycles. The van der Waals surface area contributed by atoms with E-state index in [1.807, 2.05) is 33.8 Å². The third kappa shape index (κ3) is 7.22. The standard InChI is InChI=1S/C23H35N3O5S2/c1-14(2)13-17(20(27)26(8)19(15(3)4)21(28)31-23(5,6)7)25-33(29,30)22-24-16-11-9-10-12-18(16)32-22/h9-12,14-15,17,19,25H,13H2,1-8H3/t17-,19-/m0/s1. The van der Waals surface area contributed by atoms with Gasteiger partial charge in [0.25, 0.3) is 10.0 Å². The van der Waals surface area contributed by atoms with E-state index < -0.39 is 39.6 Å². The molecule has 2 rings (SSSR count). The molecule has 1 aromatic heterocycles. The van der Waals surface area contributed by atoms with Gasteiger partial charge in [0.2, 0.25) is 10.2 Å². The molecule has 0 saturated heterocycles. The van der Waals surface area contributed by atoms with Crippen molar-refractivity contribution in [2.45, 2.75) is 76.9 Å². The minimum Gasteiger partial charge on any atom is -0.458 e. The second-order valence-electron chi connectivity index (χ2n) is 9.92. The average Bonchev–Trinajstić information content (AvgIpc) is 3.09. The maximum Gasteiger partial charge on any atom is 0.329 e. The average molecular weight is 498 g/mol. The Hall–Kier alpha value is -2.04. The molecule has 0 bridgehead atoms. The summed E-state index contributed by atoms with van der Waals surface area (Å²) in [6.07, 6.45) is 0.270. The number of nitrogens with one attached hydrogen (secondary N) is 1. The number of aromatic nitrogens is 1. The molecule has 0 aliphatic rings. The van der Waals surface area contributed by atoms with Crippen LogP contribution in [0.25, 0.3) is 10.2 Å². The van der Waals surface area contributed by atoms with Gasteiger partial charge in [-0.3, -0.25) is 4.79 Å². The molecular formula is C23H35N3O5S2. The van der Waals surface area contributed by atoms with Crippen LogP contribution in [-0.4, -0.2) is 54.9 Å². The zero-order valence-corrected chi connectivity index (χ0v) is 22.2. The third-order valence-electron chi connectivity index (χ3n) is 4.85. The normalized spacial score (nSPS) is 14.5. The van der Waals surface area contributed by atoms with E-state index >= 15 is 0 Å². The summed E-state index contributed by atoms with van der Waals surface area (Å²) in [5, 5.41) is 0. The quantitative estimate of drug-likeness (QED) is 0.528. The number of carbonyl (C=O) groups excluding carboxylic acids is 2. The summed E-state index contributed by atoms with van der Waals surface area (Å²) in [5.41, 5.74) is -0.128. The second-order valence-corrected chi connectivity index (χ2v) is 12.8. The lowest BCUT2D eigenvalue weighted by molar-refractivity contribution is -0.166. The number of likely N-dealkylation sites (N-methyl/N-ethyl adjacent to an activating group) is 1. The van der Waals surface area contributed by atoms with Crippen LogP contribution in [0.1, 0.15) is 54.9 Å². The third-order valence-corrected chi connectivity index (χ3v) is 7.74. The Kier molecular flexibility index (Phi) is 8.64. The molecule has 184 valence electrons. The highest BCUT2D eigenvalue weighted by atomic mass is 32.2. The van der Waals surface area contributed by atoms with Crippen molar-refractivity contribution >= 4 is 43.5 Å². The molecule has 8 nitrogen and oxygen atoms in total. The maximum absolute atomic E-state index is 13.5. The zero-order chi connectivity index (χ0) is 25.1. The zero-order valence-electron chi connectivity index (χ0n) is 20.6. The topological polar surface area (TPSA) is 106 Å². The van der Waals surface area contributed by atoms with Crippen LogP contribution >= 0.6 is 11.3 Å². The number of fused-ring (bicyclic) bond motifs is 1. The molecule has 1 N–H and O–H groups in total. The Balaban J connectivity index is 2.33. The Labute approximate surface area is 200 Å². The minimum atomic E-state index is -4.05. The first-order valence-corrected chi connectivity index (χ1v) is 13.3. The summed E-state index contributed by atoms with van der Waals surface area (Å²) in [6, 6.07) is 5.24. The lowest BCUT2D eigenvalue weighted by Crippen LogP contribution is -2.55. The molecule has 0 aliphatic heterocycles. The van der Waals surface area contributed by atoms with Gasteiger partial charge in [-0.15, -0.1) is 11.3 Å². The summed E-state index contributed by atoms with van der Waals surface area (Å²) in [5.74, 6) is -1.21. The molecule has 0 fully saturated rings. The van der Waals surface area contributed by atoms with Gasteiger partial charge in [-0.2, -0.15) is 4.72 Å². The largest absolute Gasteiger partial charge is 0.458 e. The fourth-order valence-electron chi connectivity index (χ4n) is 3.50. The van der Waals surface area contributed by atoms with Crippen molar-refractivity contribution in [3.8, 4) is 0 Å². The van der Waals surface area contributed by atoms with Crippen molar-refractivity contribution in [2.75, 3.05) is 7.05 Å². The van der Waals surface area contributed by atoms with Crippen LogP contribution in [0.5, 0.6) is 0 Å². The van der Waals surface area contributed by atoms with Crippen LogP contribution < -0.4 is 4.72 Å². The van der Waals surface area contributed by atoms with Crippen molar-refractivity contribution in [2.24, 2.45) is 11.8 Å². The number of nitrogens with zero attached hydrogens (tertiary/aromatic N) is 2. The molecule has 0 saturated carbocycles. The van der Waals surface area contributed by atoms with Gasteiger partial charge in [0.1, 0.15) is 17.7 Å². The molecule has 33 heavy (non-hydrogen) atoms. The second kappa shape index (κ2) is 10.5. The number of sulfonamides is 1. The van der Waals surface area contributed by atoms with E-state index in [1.165, 1.54) is 11.9 Å². The van der Waals surface area contributed by atoms with Crippen molar-refractivity contribution in [3.63, 3.8) is 0 Å². The van der Waals surface area contributed by atoms with Gasteiger partial charge in [0.05, 0.1) is 10.2 Å². The van der Waals surface area contributed by atoms with E-state index in [4.69, 9.17) is 4.74 Å². The number of thiazole rings is 1. The van der Waals surface area contributed by atoms with Gasteiger partial charge >= 0.3 is 5.97 Å². The van der Waals surface area contributed by atoms with Crippen LogP contribution in [-0.2, 0) is 24.3 Å². The fourth-order valence-corrected chi connectivity index (χ4v) is 5.94. The SMILES string of the molecule is CC(C)C[C@H](NS(=O)(=O)c1nc2ccccc2s1)C(=O)N(C)[C@H](C(=O)OC(C)(C)C)C(C)C. The first-order chi connectivity index (χ1) is 15.1. The highest BCUT2D eigenvalue weighted by Crippen LogP contribution is 2.26. The summed E-state index contributed by atoms with van der Waals surface area (Å²) >= 11 is 1.05. The van der Waals surface area contributed by atoms with Crippen LogP contribution in [0.4, 0.5) is 0 Å². The number of ether oxygens (including phenoxy) is 1. The summed E-state index contributed by atoms with van der Waals surface area (Å²) < 4.78 is 34.9. The molecular weight excluding hydrogens is 462 g/mol. The molecule has 0 radical (unpaired) electrons. The first-order valence-electron chi connectivity index (χ1n) is 11.0. The highest BCUT2D eigenvalue weighted by molar-refractivity contribution is 7.91. The number of hydrogen-bond acceptors (Lipinski definition) is 7. The summed E-state index contributed by atoms with van der Waals surface area (Å²) in [4.78, 5) is 31.8. The molecule has 1 amide bonds. The van der Waals surface area contributed by atoms with Gasteiger partial charge < -0.3 is 9.64 Å². The Morgan fingerprint density at radius 1 is 1.15 bits per heavy atom. The van der Waals surface area contributed by atoms with Gasteiger partial charge in [0.15, 0.2) is 0 Å². The maximum atomic E-state index is 13.5. The van der Waals surface area contributed by atoms with Crippen molar-refractivity contribution < 1.29 is 22.7 Å². The number of carbonyl (C=O) groups is 2. The molecule has 2 aromatic rings. The van der Waals surface area contributed by atoms with Gasteiger partial charge in [-0.1, -0.05) is 39.8 Å². The number of amides is 1. The molecule has 0 spiro atoms. The van der Waals surface area contributed by atoms with Crippen LogP contribution in [0, 0.1) is 11.8 Å². The monoisotopic (exact) mass is 497 g/mol. The van der Waals surface area contributed by atoms with E-state index in [9.17, 15) is 18.0 Å². The van der Waals surface area contributed by atoms with Gasteiger partial charge in [-0.25, -0.2) is 18.2 Å². The smallest absolute Gasteiger partial charge is 0.329 e. The number of esters is 1. The van der Waals surface area contributed by atoms with E-state index in [0.29, 0.717) is 5.52 Å². The molecule has 10 heteroatoms. The lowest BCUT2D eigenvalue weighted by Gasteiger charge is -2.34. The van der Waals surface area contributed by atoms with Crippen LogP contribution in [0.3, 0.4) is 0 Å². The predicted molar refractivity (Wildman–Crippen MR) is 130 cm³/mol. The van der Waals surface area contributed by atoms with Crippen molar-refractivity contribution in [1.82, 2.24) is 14.6 Å². The molecule has 2 atom stereocenters. The van der Waals surface area contributed by atoms with E-state index in [0.717, 1.165) is 16.0 Å². The first kappa shape index (κ1) is 27.2. The predicted octanol–water partition coefficient (Wildman–Crippen LogP) is 3.81. The molecule has 0 unspecified atom stereocenters.